The van der Waals surface area contributed by atoms with Crippen molar-refractivity contribution >= 4 is 23.4 Å². The van der Waals surface area contributed by atoms with Crippen molar-refractivity contribution in [1.29, 1.82) is 0 Å². The lowest BCUT2D eigenvalue weighted by molar-refractivity contribution is 0.102. The van der Waals surface area contributed by atoms with E-state index < -0.39 is 0 Å². The van der Waals surface area contributed by atoms with Crippen LogP contribution < -0.4 is 10.1 Å². The van der Waals surface area contributed by atoms with Crippen LogP contribution in [0.3, 0.4) is 0 Å². The molecule has 0 saturated carbocycles. The predicted molar refractivity (Wildman–Crippen MR) is 117 cm³/mol. The highest BCUT2D eigenvalue weighted by atomic mass is 32.2. The van der Waals surface area contributed by atoms with E-state index in [-0.39, 0.29) is 5.91 Å². The number of para-hydroxylation sites is 1. The molecular formula is C23H19N3O3S. The van der Waals surface area contributed by atoms with Gasteiger partial charge in [0.15, 0.2) is 0 Å². The van der Waals surface area contributed by atoms with Crippen LogP contribution in [0.4, 0.5) is 5.69 Å². The number of ether oxygens (including phenoxy) is 1. The zero-order valence-electron chi connectivity index (χ0n) is 16.2. The van der Waals surface area contributed by atoms with E-state index in [1.54, 1.807) is 31.4 Å². The highest BCUT2D eigenvalue weighted by Crippen LogP contribution is 2.30. The molecule has 6 nitrogen and oxygen atoms in total. The minimum absolute atomic E-state index is 0.185. The Bertz CT molecular complexity index is 1130. The van der Waals surface area contributed by atoms with Gasteiger partial charge in [0.1, 0.15) is 5.75 Å². The van der Waals surface area contributed by atoms with Crippen LogP contribution in [-0.4, -0.2) is 23.2 Å². The second-order valence-electron chi connectivity index (χ2n) is 6.33. The van der Waals surface area contributed by atoms with Crippen molar-refractivity contribution in [1.82, 2.24) is 10.2 Å². The predicted octanol–water partition coefficient (Wildman–Crippen LogP) is 5.29. The maximum atomic E-state index is 12.6. The first kappa shape index (κ1) is 19.7. The molecule has 1 aromatic heterocycles. The van der Waals surface area contributed by atoms with E-state index in [2.05, 4.69) is 15.5 Å². The molecule has 0 unspecified atom stereocenters. The fraction of sp³-hybridized carbons (Fsp3) is 0.0870. The minimum atomic E-state index is -0.185. The number of hydrogen-bond acceptors (Lipinski definition) is 6. The van der Waals surface area contributed by atoms with E-state index >= 15 is 0 Å². The van der Waals surface area contributed by atoms with E-state index in [4.69, 9.17) is 9.15 Å². The van der Waals surface area contributed by atoms with Crippen molar-refractivity contribution in [2.75, 3.05) is 12.4 Å². The van der Waals surface area contributed by atoms with Crippen molar-refractivity contribution < 1.29 is 13.9 Å². The highest BCUT2D eigenvalue weighted by Gasteiger charge is 2.12. The van der Waals surface area contributed by atoms with Crippen LogP contribution in [0.2, 0.25) is 0 Å². The van der Waals surface area contributed by atoms with E-state index in [0.29, 0.717) is 28.8 Å². The summed E-state index contributed by atoms with van der Waals surface area (Å²) in [6.45, 7) is 0. The Kier molecular flexibility index (Phi) is 6.10. The number of nitrogens with one attached hydrogen (secondary N) is 1. The molecule has 0 radical (unpaired) electrons. The summed E-state index contributed by atoms with van der Waals surface area (Å²) < 4.78 is 10.9. The first-order valence-corrected chi connectivity index (χ1v) is 10.3. The van der Waals surface area contributed by atoms with Crippen molar-refractivity contribution in [3.63, 3.8) is 0 Å². The Morgan fingerprint density at radius 2 is 1.70 bits per heavy atom. The number of hydrogen-bond donors (Lipinski definition) is 1. The number of thioether (sulfide) groups is 1. The van der Waals surface area contributed by atoms with Crippen molar-refractivity contribution in [3.8, 4) is 17.2 Å². The number of carbonyl (C=O) groups excluding carboxylic acids is 1. The number of anilines is 1. The molecule has 0 atom stereocenters. The van der Waals surface area contributed by atoms with Gasteiger partial charge >= 0.3 is 0 Å². The maximum Gasteiger partial charge on any atom is 0.255 e. The van der Waals surface area contributed by atoms with Crippen LogP contribution in [-0.2, 0) is 5.75 Å². The summed E-state index contributed by atoms with van der Waals surface area (Å²) >= 11 is 1.52. The smallest absolute Gasteiger partial charge is 0.255 e. The average molecular weight is 417 g/mol. The number of amides is 1. The molecule has 7 heteroatoms. The number of rotatable bonds is 7. The topological polar surface area (TPSA) is 77.2 Å². The molecule has 4 aromatic rings. The van der Waals surface area contributed by atoms with Crippen LogP contribution in [0.5, 0.6) is 5.75 Å². The van der Waals surface area contributed by atoms with Crippen LogP contribution in [0.15, 0.2) is 88.2 Å². The zero-order chi connectivity index (χ0) is 20.8. The Morgan fingerprint density at radius 3 is 2.47 bits per heavy atom. The van der Waals surface area contributed by atoms with Crippen LogP contribution in [0, 0.1) is 0 Å². The van der Waals surface area contributed by atoms with Crippen molar-refractivity contribution in [2.24, 2.45) is 0 Å². The van der Waals surface area contributed by atoms with Gasteiger partial charge in [-0.2, -0.15) is 0 Å². The largest absolute Gasteiger partial charge is 0.497 e. The molecule has 30 heavy (non-hydrogen) atoms. The quantitative estimate of drug-likeness (QED) is 0.412. The van der Waals surface area contributed by atoms with Gasteiger partial charge in [-0.05, 0) is 48.5 Å². The average Bonchev–Trinajstić information content (AvgIpc) is 3.28. The number of aromatic nitrogens is 2. The van der Waals surface area contributed by atoms with E-state index in [9.17, 15) is 4.79 Å². The van der Waals surface area contributed by atoms with Gasteiger partial charge in [-0.1, -0.05) is 30.3 Å². The first-order chi connectivity index (χ1) is 14.7. The fourth-order valence-electron chi connectivity index (χ4n) is 2.78. The van der Waals surface area contributed by atoms with E-state index in [1.165, 1.54) is 11.8 Å². The lowest BCUT2D eigenvalue weighted by Gasteiger charge is -2.10. The summed E-state index contributed by atoms with van der Waals surface area (Å²) in [4.78, 5) is 13.5. The van der Waals surface area contributed by atoms with Crippen LogP contribution in [0.25, 0.3) is 11.5 Å². The third-order valence-corrected chi connectivity index (χ3v) is 5.38. The molecule has 0 aliphatic rings. The zero-order valence-corrected chi connectivity index (χ0v) is 17.1. The lowest BCUT2D eigenvalue weighted by Crippen LogP contribution is -2.12. The summed E-state index contributed by atoms with van der Waals surface area (Å²) in [6.07, 6.45) is 0. The second kappa shape index (κ2) is 9.28. The third-order valence-electron chi connectivity index (χ3n) is 4.33. The van der Waals surface area contributed by atoms with Crippen molar-refractivity contribution in [3.05, 3.63) is 90.3 Å². The van der Waals surface area contributed by atoms with Gasteiger partial charge < -0.3 is 14.5 Å². The van der Waals surface area contributed by atoms with E-state index in [0.717, 1.165) is 16.1 Å². The summed E-state index contributed by atoms with van der Waals surface area (Å²) in [7, 11) is 1.59. The summed E-state index contributed by atoms with van der Waals surface area (Å²) in [5, 5.41) is 11.2. The lowest BCUT2D eigenvalue weighted by atomic mass is 10.2. The molecule has 3 aromatic carbocycles. The fourth-order valence-corrected chi connectivity index (χ4v) is 3.63. The molecule has 150 valence electrons. The maximum absolute atomic E-state index is 12.6. The minimum Gasteiger partial charge on any atom is -0.497 e. The van der Waals surface area contributed by atoms with Gasteiger partial charge in [0.25, 0.3) is 5.91 Å². The molecule has 0 aliphatic heterocycles. The van der Waals surface area contributed by atoms with Crippen molar-refractivity contribution in [2.45, 2.75) is 10.6 Å². The first-order valence-electron chi connectivity index (χ1n) is 9.28. The molecule has 4 rings (SSSR count). The molecule has 0 spiro atoms. The van der Waals surface area contributed by atoms with Gasteiger partial charge in [-0.15, -0.1) is 22.0 Å². The molecule has 0 bridgehead atoms. The normalized spacial score (nSPS) is 10.6. The molecular weight excluding hydrogens is 398 g/mol. The second-order valence-corrected chi connectivity index (χ2v) is 7.35. The molecule has 0 saturated heterocycles. The number of benzene rings is 3. The van der Waals surface area contributed by atoms with Gasteiger partial charge in [0, 0.05) is 16.0 Å². The molecule has 0 aliphatic carbocycles. The Hall–Kier alpha value is -3.58. The number of methoxy groups -OCH3 is 1. The van der Waals surface area contributed by atoms with Crippen LogP contribution >= 0.6 is 11.8 Å². The standard InChI is InChI=1S/C23H19N3O3S/c1-28-18-13-11-16(12-14-18)22(27)24-19-9-5-6-10-20(19)30-15-21-25-26-23(29-21)17-7-3-2-4-8-17/h2-14H,15H2,1H3,(H,24,27). The van der Waals surface area contributed by atoms with E-state index in [1.807, 2.05) is 54.6 Å². The van der Waals surface area contributed by atoms with Gasteiger partial charge in [-0.25, -0.2) is 0 Å². The summed E-state index contributed by atoms with van der Waals surface area (Å²) in [5.41, 5.74) is 2.17. The van der Waals surface area contributed by atoms with Gasteiger partial charge in [0.05, 0.1) is 18.6 Å². The molecule has 1 heterocycles. The molecule has 1 N–H and O–H groups in total. The number of nitrogens with zero attached hydrogens (tertiary/aromatic N) is 2. The Labute approximate surface area is 178 Å². The SMILES string of the molecule is COc1ccc(C(=O)Nc2ccccc2SCc2nnc(-c3ccccc3)o2)cc1. The molecule has 0 fully saturated rings. The highest BCUT2D eigenvalue weighted by molar-refractivity contribution is 7.98. The monoisotopic (exact) mass is 417 g/mol. The number of carbonyl (C=O) groups is 1. The summed E-state index contributed by atoms with van der Waals surface area (Å²) in [6, 6.07) is 24.2. The third kappa shape index (κ3) is 4.69. The molecule has 1 amide bonds. The van der Waals surface area contributed by atoms with Gasteiger partial charge in [0.2, 0.25) is 11.8 Å². The Balaban J connectivity index is 1.43. The Morgan fingerprint density at radius 1 is 0.967 bits per heavy atom. The van der Waals surface area contributed by atoms with Crippen LogP contribution in [0.1, 0.15) is 16.2 Å². The van der Waals surface area contributed by atoms with Gasteiger partial charge in [-0.3, -0.25) is 4.79 Å². The summed E-state index contributed by atoms with van der Waals surface area (Å²) in [5.74, 6) is 2.03.